The summed E-state index contributed by atoms with van der Waals surface area (Å²) >= 11 is 3.60. The zero-order valence-corrected chi connectivity index (χ0v) is 19.8. The Kier molecular flexibility index (Phi) is 4.08. The van der Waals surface area contributed by atoms with E-state index in [4.69, 9.17) is 9.47 Å². The van der Waals surface area contributed by atoms with Crippen molar-refractivity contribution in [2.45, 2.75) is 52.4 Å². The predicted octanol–water partition coefficient (Wildman–Crippen LogP) is 8.73. The lowest BCUT2D eigenvalue weighted by Crippen LogP contribution is -2.22. The Morgan fingerprint density at radius 3 is 1.47 bits per heavy atom. The second kappa shape index (κ2) is 6.27. The van der Waals surface area contributed by atoms with E-state index in [-0.39, 0.29) is 10.8 Å². The van der Waals surface area contributed by atoms with Gasteiger partial charge in [0.05, 0.1) is 11.4 Å². The third-order valence-electron chi connectivity index (χ3n) is 5.80. The maximum absolute atomic E-state index is 6.33. The summed E-state index contributed by atoms with van der Waals surface area (Å²) in [5.41, 5.74) is 5.68. The zero-order valence-electron chi connectivity index (χ0n) is 18.3. The molecule has 0 bridgehead atoms. The van der Waals surface area contributed by atoms with Gasteiger partial charge >= 0.3 is 0 Å². The van der Waals surface area contributed by atoms with E-state index in [1.54, 1.807) is 0 Å². The SMILES string of the molecule is CC(C)(C)c1ccc2c(c1)N1c3cc(C(C)(C)C)ccc3Oc3cc(Br)cc(c31)O2. The fraction of sp³-hybridized carbons (Fsp3) is 0.308. The van der Waals surface area contributed by atoms with Gasteiger partial charge < -0.3 is 9.47 Å². The first-order chi connectivity index (χ1) is 14.0. The van der Waals surface area contributed by atoms with E-state index in [0.29, 0.717) is 0 Å². The van der Waals surface area contributed by atoms with E-state index in [0.717, 1.165) is 44.5 Å². The number of nitrogens with zero attached hydrogens (tertiary/aromatic N) is 1. The van der Waals surface area contributed by atoms with Crippen molar-refractivity contribution in [1.29, 1.82) is 0 Å². The summed E-state index contributed by atoms with van der Waals surface area (Å²) in [6.07, 6.45) is 0. The topological polar surface area (TPSA) is 21.7 Å². The van der Waals surface area contributed by atoms with Crippen LogP contribution in [0, 0.1) is 0 Å². The highest BCUT2D eigenvalue weighted by atomic mass is 79.9. The number of anilines is 3. The summed E-state index contributed by atoms with van der Waals surface area (Å²) in [5, 5.41) is 0. The maximum atomic E-state index is 6.33. The van der Waals surface area contributed by atoms with Crippen LogP contribution in [0.3, 0.4) is 0 Å². The second-order valence-corrected chi connectivity index (χ2v) is 11.1. The van der Waals surface area contributed by atoms with Crippen molar-refractivity contribution >= 4 is 33.0 Å². The van der Waals surface area contributed by atoms with Crippen LogP contribution in [0.2, 0.25) is 0 Å². The molecule has 0 spiro atoms. The van der Waals surface area contributed by atoms with Gasteiger partial charge in [0.1, 0.15) is 5.69 Å². The van der Waals surface area contributed by atoms with Gasteiger partial charge in [-0.2, -0.15) is 0 Å². The van der Waals surface area contributed by atoms with Crippen LogP contribution in [0.4, 0.5) is 17.1 Å². The number of fused-ring (bicyclic) bond motifs is 4. The fourth-order valence-corrected chi connectivity index (χ4v) is 4.44. The first kappa shape index (κ1) is 19.5. The molecule has 3 nitrogen and oxygen atoms in total. The highest BCUT2D eigenvalue weighted by molar-refractivity contribution is 9.10. The van der Waals surface area contributed by atoms with Crippen molar-refractivity contribution < 1.29 is 9.47 Å². The molecule has 3 aromatic rings. The average molecular weight is 464 g/mol. The molecule has 3 aromatic carbocycles. The summed E-state index contributed by atoms with van der Waals surface area (Å²) in [5.74, 6) is 3.30. The van der Waals surface area contributed by atoms with Gasteiger partial charge in [0.2, 0.25) is 0 Å². The van der Waals surface area contributed by atoms with Crippen LogP contribution in [0.15, 0.2) is 53.0 Å². The number of halogens is 1. The Hall–Kier alpha value is -2.46. The predicted molar refractivity (Wildman–Crippen MR) is 126 cm³/mol. The van der Waals surface area contributed by atoms with Gasteiger partial charge in [-0.3, -0.25) is 4.90 Å². The molecule has 0 radical (unpaired) electrons. The molecule has 2 aliphatic rings. The number of hydrogen-bond donors (Lipinski definition) is 0. The highest BCUT2D eigenvalue weighted by Crippen LogP contribution is 2.60. The van der Waals surface area contributed by atoms with Gasteiger partial charge in [-0.05, 0) is 58.4 Å². The molecule has 0 aliphatic carbocycles. The summed E-state index contributed by atoms with van der Waals surface area (Å²) in [6, 6.07) is 17.0. The molecule has 0 atom stereocenters. The molecule has 0 aromatic heterocycles. The number of ether oxygens (including phenoxy) is 2. The highest BCUT2D eigenvalue weighted by Gasteiger charge is 2.36. The van der Waals surface area contributed by atoms with Crippen molar-refractivity contribution in [2.24, 2.45) is 0 Å². The molecule has 2 heterocycles. The van der Waals surface area contributed by atoms with E-state index in [9.17, 15) is 0 Å². The molecule has 0 saturated heterocycles. The fourth-order valence-electron chi connectivity index (χ4n) is 4.02. The molecule has 0 fully saturated rings. The minimum Gasteiger partial charge on any atom is -0.453 e. The summed E-state index contributed by atoms with van der Waals surface area (Å²) in [4.78, 5) is 2.30. The first-order valence-electron chi connectivity index (χ1n) is 10.3. The number of benzene rings is 3. The van der Waals surface area contributed by atoms with Crippen LogP contribution >= 0.6 is 15.9 Å². The van der Waals surface area contributed by atoms with Crippen molar-refractivity contribution in [3.05, 3.63) is 64.1 Å². The summed E-state index contributed by atoms with van der Waals surface area (Å²) in [6.45, 7) is 13.4. The molecule has 0 amide bonds. The monoisotopic (exact) mass is 463 g/mol. The average Bonchev–Trinajstić information content (AvgIpc) is 2.65. The Labute approximate surface area is 186 Å². The summed E-state index contributed by atoms with van der Waals surface area (Å²) < 4.78 is 13.6. The molecular formula is C26H26BrNO2. The second-order valence-electron chi connectivity index (χ2n) is 10.2. The molecule has 0 N–H and O–H groups in total. The van der Waals surface area contributed by atoms with Gasteiger partial charge in [0.25, 0.3) is 0 Å². The number of hydrogen-bond acceptors (Lipinski definition) is 3. The van der Waals surface area contributed by atoms with Crippen LogP contribution < -0.4 is 14.4 Å². The molecule has 2 aliphatic heterocycles. The Morgan fingerprint density at radius 1 is 0.633 bits per heavy atom. The van der Waals surface area contributed by atoms with Crippen LogP contribution in [0.25, 0.3) is 0 Å². The summed E-state index contributed by atoms with van der Waals surface area (Å²) in [7, 11) is 0. The van der Waals surface area contributed by atoms with Gasteiger partial charge in [-0.25, -0.2) is 0 Å². The Morgan fingerprint density at radius 2 is 1.07 bits per heavy atom. The Balaban J connectivity index is 1.80. The normalized spacial score (nSPS) is 14.3. The van der Waals surface area contributed by atoms with E-state index in [1.165, 1.54) is 11.1 Å². The van der Waals surface area contributed by atoms with Crippen LogP contribution in [0.5, 0.6) is 23.0 Å². The molecule has 154 valence electrons. The van der Waals surface area contributed by atoms with Crippen molar-refractivity contribution in [1.82, 2.24) is 0 Å². The van der Waals surface area contributed by atoms with Crippen molar-refractivity contribution in [3.63, 3.8) is 0 Å². The molecule has 4 heteroatoms. The molecule has 30 heavy (non-hydrogen) atoms. The van der Waals surface area contributed by atoms with E-state index in [2.05, 4.69) is 98.8 Å². The number of rotatable bonds is 0. The third kappa shape index (κ3) is 3.01. The minimum atomic E-state index is 0.0419. The van der Waals surface area contributed by atoms with Crippen molar-refractivity contribution in [3.8, 4) is 23.0 Å². The quantitative estimate of drug-likeness (QED) is 0.229. The van der Waals surface area contributed by atoms with Crippen LogP contribution in [-0.2, 0) is 10.8 Å². The third-order valence-corrected chi connectivity index (χ3v) is 6.26. The molecular weight excluding hydrogens is 438 g/mol. The van der Waals surface area contributed by atoms with Gasteiger partial charge in [0.15, 0.2) is 23.0 Å². The van der Waals surface area contributed by atoms with E-state index in [1.807, 2.05) is 12.1 Å². The maximum Gasteiger partial charge on any atom is 0.156 e. The van der Waals surface area contributed by atoms with Crippen LogP contribution in [-0.4, -0.2) is 0 Å². The lowest BCUT2D eigenvalue weighted by molar-refractivity contribution is 0.444. The van der Waals surface area contributed by atoms with E-state index >= 15 is 0 Å². The smallest absolute Gasteiger partial charge is 0.156 e. The minimum absolute atomic E-state index is 0.0419. The first-order valence-corrected chi connectivity index (χ1v) is 11.1. The van der Waals surface area contributed by atoms with Crippen LogP contribution in [0.1, 0.15) is 52.7 Å². The van der Waals surface area contributed by atoms with E-state index < -0.39 is 0 Å². The molecule has 5 rings (SSSR count). The lowest BCUT2D eigenvalue weighted by atomic mass is 9.85. The standard InChI is InChI=1S/C26H26BrNO2/c1-25(2,3)15-7-9-20-18(11-15)28-19-12-16(26(4,5)6)8-10-21(19)30-23-14-17(27)13-22(29-20)24(23)28/h7-14H,1-6H3. The lowest BCUT2D eigenvalue weighted by Gasteiger charge is -2.39. The van der Waals surface area contributed by atoms with Crippen molar-refractivity contribution in [2.75, 3.05) is 4.90 Å². The Bertz CT molecular complexity index is 1100. The zero-order chi connectivity index (χ0) is 21.4. The molecule has 0 saturated carbocycles. The van der Waals surface area contributed by atoms with Gasteiger partial charge in [-0.15, -0.1) is 0 Å². The van der Waals surface area contributed by atoms with Gasteiger partial charge in [0, 0.05) is 4.47 Å². The van der Waals surface area contributed by atoms with Gasteiger partial charge in [-0.1, -0.05) is 69.6 Å². The largest absolute Gasteiger partial charge is 0.453 e. The molecule has 0 unspecified atom stereocenters.